The molecule has 0 aliphatic carbocycles. The molecule has 4 aromatic rings. The molecule has 3 aromatic heterocycles. The van der Waals surface area contributed by atoms with Gasteiger partial charge in [0.25, 0.3) is 0 Å². The first-order valence-electron chi connectivity index (χ1n) is 9.28. The summed E-state index contributed by atoms with van der Waals surface area (Å²) in [6, 6.07) is 12.1. The third kappa shape index (κ3) is 2.32. The summed E-state index contributed by atoms with van der Waals surface area (Å²) >= 11 is 0. The number of methoxy groups -OCH3 is 1. The first-order valence-corrected chi connectivity index (χ1v) is 9.28. The van der Waals surface area contributed by atoms with Crippen molar-refractivity contribution >= 4 is 28.4 Å². The third-order valence-corrected chi connectivity index (χ3v) is 5.21. The van der Waals surface area contributed by atoms with E-state index in [9.17, 15) is 0 Å². The van der Waals surface area contributed by atoms with Crippen LogP contribution in [0.15, 0.2) is 60.1 Å². The summed E-state index contributed by atoms with van der Waals surface area (Å²) in [6.45, 7) is 1.18. The Kier molecular flexibility index (Phi) is 3.34. The van der Waals surface area contributed by atoms with Gasteiger partial charge in [-0.3, -0.25) is 4.57 Å². The number of anilines is 1. The van der Waals surface area contributed by atoms with Gasteiger partial charge in [-0.1, -0.05) is 12.1 Å². The summed E-state index contributed by atoms with van der Waals surface area (Å²) in [4.78, 5) is 19.8. The number of hydrogen-bond donors (Lipinski definition) is 0. The van der Waals surface area contributed by atoms with Crippen molar-refractivity contribution in [1.82, 2.24) is 19.5 Å². The van der Waals surface area contributed by atoms with Gasteiger partial charge in [0.15, 0.2) is 11.7 Å². The number of pyridine rings is 1. The lowest BCUT2D eigenvalue weighted by atomic mass is 10.1. The number of nitrogens with zero attached hydrogens (tertiary/aromatic N) is 6. The number of fused-ring (bicyclic) bond motifs is 1. The van der Waals surface area contributed by atoms with Gasteiger partial charge in [0.05, 0.1) is 31.2 Å². The van der Waals surface area contributed by atoms with E-state index in [0.717, 1.165) is 39.6 Å². The Morgan fingerprint density at radius 2 is 2.03 bits per heavy atom. The standard InChI is InChI=1S/C21H16N6O2/c1-28-16-5-3-2-4-15(16)27-7-6-13-10-14(11-22-19(13)27)26-8-9-29-21-17-18(23-12-24-21)25-20(17)26/h2-7,10-12H,8-9H2,1H3. The molecule has 8 nitrogen and oxygen atoms in total. The highest BCUT2D eigenvalue weighted by molar-refractivity contribution is 6.20. The molecular formula is C21H16N6O2. The van der Waals surface area contributed by atoms with Gasteiger partial charge in [-0.15, -0.1) is 0 Å². The minimum atomic E-state index is 0.517. The van der Waals surface area contributed by atoms with Crippen molar-refractivity contribution in [2.24, 2.45) is 4.99 Å². The molecule has 29 heavy (non-hydrogen) atoms. The molecule has 2 aliphatic rings. The van der Waals surface area contributed by atoms with E-state index in [1.54, 1.807) is 7.11 Å². The van der Waals surface area contributed by atoms with Crippen LogP contribution >= 0.6 is 0 Å². The predicted molar refractivity (Wildman–Crippen MR) is 109 cm³/mol. The van der Waals surface area contributed by atoms with Crippen molar-refractivity contribution < 1.29 is 9.47 Å². The first-order chi connectivity index (χ1) is 14.3. The summed E-state index contributed by atoms with van der Waals surface area (Å²) in [5.41, 5.74) is 3.65. The second kappa shape index (κ2) is 6.03. The predicted octanol–water partition coefficient (Wildman–Crippen LogP) is 3.11. The van der Waals surface area contributed by atoms with E-state index in [4.69, 9.17) is 14.5 Å². The number of rotatable bonds is 3. The molecule has 0 saturated carbocycles. The number of hydrogen-bond acceptors (Lipinski definition) is 7. The molecule has 0 N–H and O–H groups in total. The molecule has 0 saturated heterocycles. The van der Waals surface area contributed by atoms with Crippen LogP contribution in [0.4, 0.5) is 11.5 Å². The van der Waals surface area contributed by atoms with Crippen LogP contribution in [-0.2, 0) is 0 Å². The smallest absolute Gasteiger partial charge is 0.230 e. The number of para-hydroxylation sites is 2. The molecule has 0 fully saturated rings. The first kappa shape index (κ1) is 16.1. The largest absolute Gasteiger partial charge is 0.495 e. The van der Waals surface area contributed by atoms with Crippen molar-refractivity contribution in [3.8, 4) is 17.3 Å². The average molecular weight is 384 g/mol. The molecule has 0 amide bonds. The third-order valence-electron chi connectivity index (χ3n) is 5.21. The van der Waals surface area contributed by atoms with Gasteiger partial charge < -0.3 is 14.4 Å². The zero-order valence-corrected chi connectivity index (χ0v) is 15.6. The van der Waals surface area contributed by atoms with Crippen LogP contribution in [0.5, 0.6) is 11.6 Å². The van der Waals surface area contributed by atoms with Crippen LogP contribution in [0.3, 0.4) is 0 Å². The molecule has 2 aliphatic heterocycles. The maximum absolute atomic E-state index is 5.77. The van der Waals surface area contributed by atoms with Gasteiger partial charge in [-0.25, -0.2) is 19.9 Å². The van der Waals surface area contributed by atoms with Crippen molar-refractivity contribution in [1.29, 1.82) is 0 Å². The highest BCUT2D eigenvalue weighted by Gasteiger charge is 2.34. The van der Waals surface area contributed by atoms with Crippen molar-refractivity contribution in [2.75, 3.05) is 25.2 Å². The molecule has 5 heterocycles. The summed E-state index contributed by atoms with van der Waals surface area (Å²) < 4.78 is 13.3. The lowest BCUT2D eigenvalue weighted by Gasteiger charge is -2.27. The lowest BCUT2D eigenvalue weighted by Crippen LogP contribution is -2.35. The van der Waals surface area contributed by atoms with E-state index in [2.05, 4.69) is 32.0 Å². The summed E-state index contributed by atoms with van der Waals surface area (Å²) in [5.74, 6) is 2.90. The zero-order valence-electron chi connectivity index (χ0n) is 15.6. The van der Waals surface area contributed by atoms with Gasteiger partial charge in [0.2, 0.25) is 5.88 Å². The minimum Gasteiger partial charge on any atom is -0.495 e. The molecule has 8 heteroatoms. The van der Waals surface area contributed by atoms with Gasteiger partial charge >= 0.3 is 0 Å². The Balaban J connectivity index is 1.42. The Morgan fingerprint density at radius 3 is 2.97 bits per heavy atom. The molecule has 142 valence electrons. The number of benzene rings is 1. The number of amidine groups is 1. The van der Waals surface area contributed by atoms with E-state index in [1.807, 2.05) is 41.2 Å². The van der Waals surface area contributed by atoms with E-state index < -0.39 is 0 Å². The van der Waals surface area contributed by atoms with Gasteiger partial charge in [-0.05, 0) is 24.3 Å². The summed E-state index contributed by atoms with van der Waals surface area (Å²) in [5, 5.41) is 1.03. The molecule has 0 radical (unpaired) electrons. The minimum absolute atomic E-state index is 0.517. The number of aliphatic imine (C=N–C) groups is 1. The fourth-order valence-corrected chi connectivity index (χ4v) is 3.82. The van der Waals surface area contributed by atoms with E-state index >= 15 is 0 Å². The van der Waals surface area contributed by atoms with Crippen LogP contribution in [0, 0.1) is 0 Å². The Bertz CT molecular complexity index is 1300. The molecule has 0 spiro atoms. The molecule has 6 rings (SSSR count). The van der Waals surface area contributed by atoms with Crippen LogP contribution < -0.4 is 14.4 Å². The average Bonchev–Trinajstić information content (AvgIpc) is 3.07. The monoisotopic (exact) mass is 384 g/mol. The second-order valence-corrected chi connectivity index (χ2v) is 6.78. The maximum atomic E-state index is 5.77. The molecule has 1 aromatic carbocycles. The van der Waals surface area contributed by atoms with Crippen molar-refractivity contribution in [3.05, 3.63) is 60.7 Å². The van der Waals surface area contributed by atoms with E-state index in [-0.39, 0.29) is 0 Å². The van der Waals surface area contributed by atoms with E-state index in [0.29, 0.717) is 24.8 Å². The topological polar surface area (TPSA) is 77.7 Å². The molecule has 0 bridgehead atoms. The summed E-state index contributed by atoms with van der Waals surface area (Å²) in [6.07, 6.45) is 5.36. The fourth-order valence-electron chi connectivity index (χ4n) is 3.82. The highest BCUT2D eigenvalue weighted by Crippen LogP contribution is 2.38. The fraction of sp³-hybridized carbons (Fsp3) is 0.143. The Hall–Kier alpha value is -3.94. The SMILES string of the molecule is COc1ccccc1-n1ccc2cc(N3CCOc4ncnc5c4C3=N5)cnc21. The normalized spacial score (nSPS) is 14.5. The quantitative estimate of drug-likeness (QED) is 0.540. The Labute approximate surface area is 166 Å². The zero-order chi connectivity index (χ0) is 19.4. The van der Waals surface area contributed by atoms with Crippen molar-refractivity contribution in [3.63, 3.8) is 0 Å². The number of aromatic nitrogens is 4. The Morgan fingerprint density at radius 1 is 1.10 bits per heavy atom. The molecule has 0 unspecified atom stereocenters. The van der Waals surface area contributed by atoms with Gasteiger partial charge in [0, 0.05) is 11.6 Å². The van der Waals surface area contributed by atoms with Crippen LogP contribution in [0.2, 0.25) is 0 Å². The van der Waals surface area contributed by atoms with E-state index in [1.165, 1.54) is 6.33 Å². The van der Waals surface area contributed by atoms with Crippen LogP contribution in [0.25, 0.3) is 16.7 Å². The van der Waals surface area contributed by atoms with Crippen molar-refractivity contribution in [2.45, 2.75) is 0 Å². The highest BCUT2D eigenvalue weighted by atomic mass is 16.5. The lowest BCUT2D eigenvalue weighted by molar-refractivity contribution is 0.319. The van der Waals surface area contributed by atoms with Gasteiger partial charge in [-0.2, -0.15) is 0 Å². The number of ether oxygens (including phenoxy) is 2. The second-order valence-electron chi connectivity index (χ2n) is 6.78. The summed E-state index contributed by atoms with van der Waals surface area (Å²) in [7, 11) is 1.67. The molecule has 0 atom stereocenters. The van der Waals surface area contributed by atoms with Crippen LogP contribution in [0.1, 0.15) is 5.56 Å². The maximum Gasteiger partial charge on any atom is 0.230 e. The van der Waals surface area contributed by atoms with Gasteiger partial charge in [0.1, 0.15) is 29.9 Å². The molecular weight excluding hydrogens is 368 g/mol. The van der Waals surface area contributed by atoms with Crippen LogP contribution in [-0.4, -0.2) is 45.6 Å².